The normalized spacial score (nSPS) is 18.4. The highest BCUT2D eigenvalue weighted by atomic mass is 16.6. The van der Waals surface area contributed by atoms with Gasteiger partial charge in [-0.05, 0) is 115 Å². The van der Waals surface area contributed by atoms with Crippen LogP contribution in [0, 0.1) is 25.2 Å². The minimum absolute atomic E-state index is 0.00194. The monoisotopic (exact) mass is 686 g/mol. The molecule has 2 heterocycles. The number of esters is 6. The highest BCUT2D eigenvalue weighted by Gasteiger charge is 2.45. The van der Waals surface area contributed by atoms with Crippen molar-refractivity contribution in [3.8, 4) is 11.5 Å². The maximum atomic E-state index is 13.1. The quantitative estimate of drug-likeness (QED) is 0.114. The fourth-order valence-electron chi connectivity index (χ4n) is 8.04. The van der Waals surface area contributed by atoms with Crippen LogP contribution in [0.5, 0.6) is 11.5 Å². The first kappa shape index (κ1) is 33.6. The molecule has 0 radical (unpaired) electrons. The molecule has 0 amide bonds. The van der Waals surface area contributed by atoms with Crippen LogP contribution in [0.4, 0.5) is 0 Å². The van der Waals surface area contributed by atoms with Gasteiger partial charge in [-0.25, -0.2) is 28.8 Å². The predicted octanol–water partition coefficient (Wildman–Crippen LogP) is 7.50. The number of carbonyl (C=O) groups excluding carboxylic acids is 6. The van der Waals surface area contributed by atoms with Crippen molar-refractivity contribution in [3.05, 3.63) is 128 Å². The lowest BCUT2D eigenvalue weighted by molar-refractivity contribution is 0.0425. The van der Waals surface area contributed by atoms with Crippen LogP contribution in [-0.4, -0.2) is 35.8 Å². The highest BCUT2D eigenvalue weighted by Crippen LogP contribution is 2.54. The standard InChI is InChI=1S/C41H34O10/c1-21-18-40(4,5)20-41(19-21,26-8-12-32(22(2)14-26)48-34(42)24-6-10-28-30(16-24)38(46)50-36(28)44)27-9-13-33(23(3)15-27)49-35(43)25-7-11-29-31(17-25)39(47)51-37(29)45/h6-17,21H,18-20H2,1-5H3. The summed E-state index contributed by atoms with van der Waals surface area (Å²) >= 11 is 0. The maximum Gasteiger partial charge on any atom is 0.346 e. The Hall–Kier alpha value is -5.90. The van der Waals surface area contributed by atoms with E-state index in [4.69, 9.17) is 9.47 Å². The van der Waals surface area contributed by atoms with E-state index in [1.807, 2.05) is 38.1 Å². The lowest BCUT2D eigenvalue weighted by Crippen LogP contribution is -2.41. The van der Waals surface area contributed by atoms with Gasteiger partial charge in [0.05, 0.1) is 33.4 Å². The Labute approximate surface area is 293 Å². The molecule has 4 aromatic carbocycles. The second-order valence-electron chi connectivity index (χ2n) is 14.6. The summed E-state index contributed by atoms with van der Waals surface area (Å²) in [6.07, 6.45) is 2.76. The number of hydrogen-bond acceptors (Lipinski definition) is 10. The molecule has 1 aliphatic carbocycles. The molecule has 3 aliphatic rings. The molecule has 10 nitrogen and oxygen atoms in total. The van der Waals surface area contributed by atoms with Gasteiger partial charge < -0.3 is 18.9 Å². The van der Waals surface area contributed by atoms with Crippen LogP contribution in [0.25, 0.3) is 0 Å². The molecular formula is C41H34O10. The first-order valence-electron chi connectivity index (χ1n) is 16.6. The van der Waals surface area contributed by atoms with Crippen LogP contribution in [0.3, 0.4) is 0 Å². The third kappa shape index (κ3) is 6.00. The molecule has 1 atom stereocenters. The lowest BCUT2D eigenvalue weighted by Gasteiger charge is -2.49. The van der Waals surface area contributed by atoms with Crippen molar-refractivity contribution >= 4 is 35.8 Å². The Morgan fingerprint density at radius 2 is 1.04 bits per heavy atom. The van der Waals surface area contributed by atoms with E-state index in [1.165, 1.54) is 36.4 Å². The van der Waals surface area contributed by atoms with Gasteiger partial charge in [0.15, 0.2) is 0 Å². The number of carbonyl (C=O) groups is 6. The summed E-state index contributed by atoms with van der Waals surface area (Å²) in [4.78, 5) is 74.0. The number of rotatable bonds is 6. The van der Waals surface area contributed by atoms with E-state index in [0.29, 0.717) is 17.4 Å². The fraction of sp³-hybridized carbons (Fsp3) is 0.268. The Morgan fingerprint density at radius 1 is 0.608 bits per heavy atom. The van der Waals surface area contributed by atoms with E-state index < -0.39 is 41.2 Å². The molecule has 10 heteroatoms. The summed E-state index contributed by atoms with van der Waals surface area (Å²) in [6, 6.07) is 19.9. The zero-order valence-corrected chi connectivity index (χ0v) is 28.7. The average molecular weight is 687 g/mol. The van der Waals surface area contributed by atoms with Crippen molar-refractivity contribution < 1.29 is 47.7 Å². The number of aryl methyl sites for hydroxylation is 2. The van der Waals surface area contributed by atoms with Gasteiger partial charge in [-0.15, -0.1) is 0 Å². The van der Waals surface area contributed by atoms with Crippen LogP contribution >= 0.6 is 0 Å². The van der Waals surface area contributed by atoms with Gasteiger partial charge >= 0.3 is 35.8 Å². The first-order chi connectivity index (χ1) is 24.1. The Morgan fingerprint density at radius 3 is 1.45 bits per heavy atom. The minimum atomic E-state index is -0.799. The molecule has 1 saturated carbocycles. The van der Waals surface area contributed by atoms with Crippen LogP contribution in [0.1, 0.15) is 124 Å². The molecule has 2 aliphatic heterocycles. The van der Waals surface area contributed by atoms with Gasteiger partial charge in [-0.3, -0.25) is 0 Å². The van der Waals surface area contributed by atoms with Crippen molar-refractivity contribution in [1.29, 1.82) is 0 Å². The van der Waals surface area contributed by atoms with E-state index in [1.54, 1.807) is 12.1 Å². The number of benzene rings is 4. The van der Waals surface area contributed by atoms with Crippen molar-refractivity contribution in [2.75, 3.05) is 0 Å². The van der Waals surface area contributed by atoms with Gasteiger partial charge in [-0.2, -0.15) is 0 Å². The van der Waals surface area contributed by atoms with Crippen LogP contribution < -0.4 is 9.47 Å². The predicted molar refractivity (Wildman–Crippen MR) is 182 cm³/mol. The summed E-state index contributed by atoms with van der Waals surface area (Å²) in [7, 11) is 0. The molecular weight excluding hydrogens is 652 g/mol. The highest BCUT2D eigenvalue weighted by molar-refractivity contribution is 6.16. The average Bonchev–Trinajstić information content (AvgIpc) is 3.53. The van der Waals surface area contributed by atoms with Crippen molar-refractivity contribution in [1.82, 2.24) is 0 Å². The number of cyclic esters (lactones) is 4. The number of fused-ring (bicyclic) bond motifs is 2. The van der Waals surface area contributed by atoms with Crippen molar-refractivity contribution in [2.45, 2.75) is 59.3 Å². The summed E-state index contributed by atoms with van der Waals surface area (Å²) in [6.45, 7) is 10.5. The molecule has 0 spiro atoms. The van der Waals surface area contributed by atoms with E-state index >= 15 is 0 Å². The molecule has 51 heavy (non-hydrogen) atoms. The zero-order chi connectivity index (χ0) is 36.4. The summed E-state index contributed by atoms with van der Waals surface area (Å²) in [5.41, 5.74) is 3.71. The van der Waals surface area contributed by atoms with E-state index in [2.05, 4.69) is 30.2 Å². The number of ether oxygens (including phenoxy) is 4. The molecule has 0 aromatic heterocycles. The number of hydrogen-bond donors (Lipinski definition) is 0. The van der Waals surface area contributed by atoms with Gasteiger partial charge in [0.1, 0.15) is 11.5 Å². The Kier molecular flexibility index (Phi) is 8.00. The SMILES string of the molecule is Cc1cc(C2(c3ccc(OC(=O)c4ccc5c(c4)C(=O)OC5=O)c(C)c3)CC(C)CC(C)(C)C2)ccc1OC(=O)c1ccc2c(c1)C(=O)OC2=O. The van der Waals surface area contributed by atoms with Gasteiger partial charge in [0.25, 0.3) is 0 Å². The molecule has 7 rings (SSSR count). The molecule has 0 saturated heterocycles. The second-order valence-corrected chi connectivity index (χ2v) is 14.6. The molecule has 1 fully saturated rings. The van der Waals surface area contributed by atoms with Crippen LogP contribution in [0.2, 0.25) is 0 Å². The third-order valence-corrected chi connectivity index (χ3v) is 10.00. The molecule has 258 valence electrons. The van der Waals surface area contributed by atoms with Crippen LogP contribution in [0.15, 0.2) is 72.8 Å². The van der Waals surface area contributed by atoms with Gasteiger partial charge in [0, 0.05) is 5.41 Å². The smallest absolute Gasteiger partial charge is 0.346 e. The van der Waals surface area contributed by atoms with Crippen molar-refractivity contribution in [2.24, 2.45) is 11.3 Å². The summed E-state index contributed by atoms with van der Waals surface area (Å²) in [5.74, 6) is -3.31. The third-order valence-electron chi connectivity index (χ3n) is 10.00. The summed E-state index contributed by atoms with van der Waals surface area (Å²) in [5, 5.41) is 0. The molecule has 0 N–H and O–H groups in total. The Balaban J connectivity index is 1.17. The van der Waals surface area contributed by atoms with E-state index in [-0.39, 0.29) is 38.8 Å². The molecule has 1 unspecified atom stereocenters. The maximum absolute atomic E-state index is 13.1. The van der Waals surface area contributed by atoms with Gasteiger partial charge in [0.2, 0.25) is 0 Å². The second kappa shape index (κ2) is 12.2. The van der Waals surface area contributed by atoms with E-state index in [9.17, 15) is 28.8 Å². The first-order valence-corrected chi connectivity index (χ1v) is 16.6. The zero-order valence-electron chi connectivity index (χ0n) is 28.7. The Bertz CT molecular complexity index is 2080. The van der Waals surface area contributed by atoms with Crippen molar-refractivity contribution in [3.63, 3.8) is 0 Å². The van der Waals surface area contributed by atoms with E-state index in [0.717, 1.165) is 41.5 Å². The molecule has 4 aromatic rings. The fourth-order valence-corrected chi connectivity index (χ4v) is 8.04. The lowest BCUT2D eigenvalue weighted by atomic mass is 9.55. The van der Waals surface area contributed by atoms with Gasteiger partial charge in [-0.1, -0.05) is 45.0 Å². The molecule has 0 bridgehead atoms. The van der Waals surface area contributed by atoms with Crippen LogP contribution in [-0.2, 0) is 14.9 Å². The minimum Gasteiger partial charge on any atom is -0.423 e. The largest absolute Gasteiger partial charge is 0.423 e. The topological polar surface area (TPSA) is 139 Å². The summed E-state index contributed by atoms with van der Waals surface area (Å²) < 4.78 is 20.8.